The van der Waals surface area contributed by atoms with Gasteiger partial charge in [-0.05, 0) is 22.8 Å². The molecule has 0 bridgehead atoms. The largest absolute Gasteiger partial charge is 0.259 e. The Morgan fingerprint density at radius 3 is 1.79 bits per heavy atom. The second-order valence-corrected chi connectivity index (χ2v) is 3.94. The summed E-state index contributed by atoms with van der Waals surface area (Å²) in [5, 5.41) is 10.3. The Hall–Kier alpha value is -2.68. The van der Waals surface area contributed by atoms with Crippen LogP contribution in [0.15, 0.2) is 79.0 Å². The summed E-state index contributed by atoms with van der Waals surface area (Å²) in [6, 6.07) is 19.6. The molecule has 0 aliphatic rings. The molecule has 3 nitrogen and oxygen atoms in total. The van der Waals surface area contributed by atoms with Crippen molar-refractivity contribution in [3.63, 3.8) is 0 Å². The van der Waals surface area contributed by atoms with Crippen LogP contribution in [0.25, 0.3) is 5.57 Å². The summed E-state index contributed by atoms with van der Waals surface area (Å²) in [6.45, 7) is 0. The van der Waals surface area contributed by atoms with Crippen molar-refractivity contribution >= 4 is 5.57 Å². The molecule has 0 fully saturated rings. The van der Waals surface area contributed by atoms with Crippen molar-refractivity contribution < 1.29 is 4.92 Å². The van der Waals surface area contributed by atoms with E-state index < -0.39 is 4.92 Å². The molecule has 0 atom stereocenters. The molecule has 0 saturated carbocycles. The van der Waals surface area contributed by atoms with Gasteiger partial charge in [0.2, 0.25) is 6.20 Å². The Morgan fingerprint density at radius 1 is 0.895 bits per heavy atom. The Bertz CT molecular complexity index is 560. The highest BCUT2D eigenvalue weighted by atomic mass is 16.6. The van der Waals surface area contributed by atoms with E-state index in [1.54, 1.807) is 6.08 Å². The topological polar surface area (TPSA) is 43.1 Å². The summed E-state index contributed by atoms with van der Waals surface area (Å²) in [5.41, 5.74) is 3.02. The zero-order valence-electron chi connectivity index (χ0n) is 10.3. The normalized spacial score (nSPS) is 10.3. The van der Waals surface area contributed by atoms with E-state index in [2.05, 4.69) is 0 Å². The van der Waals surface area contributed by atoms with Crippen LogP contribution in [-0.4, -0.2) is 4.92 Å². The number of nitro groups is 1. The zero-order valence-corrected chi connectivity index (χ0v) is 10.3. The zero-order chi connectivity index (χ0) is 13.5. The lowest BCUT2D eigenvalue weighted by Gasteiger charge is -2.07. The average molecular weight is 251 g/mol. The van der Waals surface area contributed by atoms with Crippen LogP contribution < -0.4 is 0 Å². The van der Waals surface area contributed by atoms with Gasteiger partial charge in [-0.25, -0.2) is 0 Å². The van der Waals surface area contributed by atoms with Crippen molar-refractivity contribution in [1.82, 2.24) is 0 Å². The fourth-order valence-corrected chi connectivity index (χ4v) is 1.80. The van der Waals surface area contributed by atoms with Crippen molar-refractivity contribution in [1.29, 1.82) is 0 Å². The van der Waals surface area contributed by atoms with Gasteiger partial charge in [0.05, 0.1) is 4.92 Å². The molecule has 0 heterocycles. The van der Waals surface area contributed by atoms with Crippen LogP contribution in [-0.2, 0) is 0 Å². The van der Waals surface area contributed by atoms with Gasteiger partial charge in [-0.3, -0.25) is 10.1 Å². The molecule has 0 aliphatic carbocycles. The molecule has 0 radical (unpaired) electrons. The van der Waals surface area contributed by atoms with Crippen molar-refractivity contribution in [2.24, 2.45) is 0 Å². The minimum absolute atomic E-state index is 0.468. The van der Waals surface area contributed by atoms with E-state index in [0.717, 1.165) is 22.9 Å². The number of benzene rings is 2. The molecule has 3 heteroatoms. The molecular formula is C16H13NO2. The molecule has 0 spiro atoms. The van der Waals surface area contributed by atoms with Gasteiger partial charge in [0.15, 0.2) is 0 Å². The molecule has 0 aromatic heterocycles. The van der Waals surface area contributed by atoms with Gasteiger partial charge < -0.3 is 0 Å². The molecule has 0 amide bonds. The van der Waals surface area contributed by atoms with Crippen LogP contribution in [0.5, 0.6) is 0 Å². The predicted octanol–water partition coefficient (Wildman–Crippen LogP) is 3.91. The van der Waals surface area contributed by atoms with Crippen LogP contribution in [0.4, 0.5) is 0 Å². The average Bonchev–Trinajstić information content (AvgIpc) is 2.45. The first kappa shape index (κ1) is 12.8. The standard InChI is InChI=1S/C16H13NO2/c18-17(19)13-7-12-16(14-8-3-1-4-9-14)15-10-5-2-6-11-15/h1-13H. The monoisotopic (exact) mass is 251 g/mol. The highest BCUT2D eigenvalue weighted by Crippen LogP contribution is 2.22. The van der Waals surface area contributed by atoms with Gasteiger partial charge in [-0.15, -0.1) is 0 Å². The second-order valence-electron chi connectivity index (χ2n) is 3.94. The van der Waals surface area contributed by atoms with E-state index in [-0.39, 0.29) is 0 Å². The molecule has 19 heavy (non-hydrogen) atoms. The van der Waals surface area contributed by atoms with Crippen LogP contribution in [0.1, 0.15) is 11.1 Å². The van der Waals surface area contributed by atoms with E-state index in [1.807, 2.05) is 60.7 Å². The van der Waals surface area contributed by atoms with Gasteiger partial charge >= 0.3 is 0 Å². The van der Waals surface area contributed by atoms with Crippen LogP contribution in [0.2, 0.25) is 0 Å². The van der Waals surface area contributed by atoms with Crippen LogP contribution in [0, 0.1) is 10.1 Å². The summed E-state index contributed by atoms with van der Waals surface area (Å²) >= 11 is 0. The van der Waals surface area contributed by atoms with Gasteiger partial charge in [-0.1, -0.05) is 60.7 Å². The first-order valence-corrected chi connectivity index (χ1v) is 5.90. The lowest BCUT2D eigenvalue weighted by molar-refractivity contribution is -0.402. The third-order valence-electron chi connectivity index (χ3n) is 2.64. The fraction of sp³-hybridized carbons (Fsp3) is 0. The molecule has 0 N–H and O–H groups in total. The lowest BCUT2D eigenvalue weighted by Crippen LogP contribution is -1.87. The Balaban J connectivity index is 2.43. The van der Waals surface area contributed by atoms with Crippen molar-refractivity contribution in [3.05, 3.63) is 100 Å². The summed E-state index contributed by atoms with van der Waals surface area (Å²) in [4.78, 5) is 9.88. The molecule has 94 valence electrons. The van der Waals surface area contributed by atoms with E-state index >= 15 is 0 Å². The van der Waals surface area contributed by atoms with E-state index in [9.17, 15) is 10.1 Å². The number of rotatable bonds is 4. The Kier molecular flexibility index (Phi) is 4.24. The maximum absolute atomic E-state index is 10.3. The smallest absolute Gasteiger partial charge is 0.234 e. The molecule has 0 saturated heterocycles. The molecular weight excluding hydrogens is 238 g/mol. The van der Waals surface area contributed by atoms with E-state index in [0.29, 0.717) is 0 Å². The number of allylic oxidation sites excluding steroid dienone is 2. The highest BCUT2D eigenvalue weighted by Gasteiger charge is 2.02. The summed E-state index contributed by atoms with van der Waals surface area (Å²) < 4.78 is 0. The number of hydrogen-bond acceptors (Lipinski definition) is 2. The molecule has 2 aromatic rings. The Morgan fingerprint density at radius 2 is 1.37 bits per heavy atom. The Labute approximate surface area is 111 Å². The van der Waals surface area contributed by atoms with Gasteiger partial charge in [0.25, 0.3) is 0 Å². The fourth-order valence-electron chi connectivity index (χ4n) is 1.80. The molecule has 2 aromatic carbocycles. The van der Waals surface area contributed by atoms with Gasteiger partial charge in [0.1, 0.15) is 0 Å². The molecule has 2 rings (SSSR count). The first-order chi connectivity index (χ1) is 9.27. The summed E-state index contributed by atoms with van der Waals surface area (Å²) in [5.74, 6) is 0. The lowest BCUT2D eigenvalue weighted by atomic mass is 9.98. The number of nitrogens with zero attached hydrogens (tertiary/aromatic N) is 1. The van der Waals surface area contributed by atoms with Crippen molar-refractivity contribution in [2.45, 2.75) is 0 Å². The van der Waals surface area contributed by atoms with Crippen LogP contribution >= 0.6 is 0 Å². The van der Waals surface area contributed by atoms with Crippen molar-refractivity contribution in [3.8, 4) is 0 Å². The van der Waals surface area contributed by atoms with Crippen LogP contribution in [0.3, 0.4) is 0 Å². The van der Waals surface area contributed by atoms with Gasteiger partial charge in [-0.2, -0.15) is 0 Å². The second kappa shape index (κ2) is 6.31. The number of hydrogen-bond donors (Lipinski definition) is 0. The van der Waals surface area contributed by atoms with Crippen molar-refractivity contribution in [2.75, 3.05) is 0 Å². The third kappa shape index (κ3) is 3.64. The summed E-state index contributed by atoms with van der Waals surface area (Å²) in [6.07, 6.45) is 4.15. The molecule has 0 aliphatic heterocycles. The predicted molar refractivity (Wildman–Crippen MR) is 76.1 cm³/mol. The quantitative estimate of drug-likeness (QED) is 0.469. The SMILES string of the molecule is O=[N+]([O-])C=CC=C(c1ccccc1)c1ccccc1. The molecule has 0 unspecified atom stereocenters. The first-order valence-electron chi connectivity index (χ1n) is 5.90. The minimum atomic E-state index is -0.468. The minimum Gasteiger partial charge on any atom is -0.259 e. The van der Waals surface area contributed by atoms with E-state index in [4.69, 9.17) is 0 Å². The maximum Gasteiger partial charge on any atom is 0.234 e. The summed E-state index contributed by atoms with van der Waals surface area (Å²) in [7, 11) is 0. The van der Waals surface area contributed by atoms with Gasteiger partial charge in [0, 0.05) is 6.08 Å². The highest BCUT2D eigenvalue weighted by molar-refractivity contribution is 5.80. The van der Waals surface area contributed by atoms with E-state index in [1.165, 1.54) is 6.08 Å². The maximum atomic E-state index is 10.3. The third-order valence-corrected chi connectivity index (χ3v) is 2.64.